The Hall–Kier alpha value is -0.0400. The summed E-state index contributed by atoms with van der Waals surface area (Å²) in [7, 11) is 0. The summed E-state index contributed by atoms with van der Waals surface area (Å²) in [6.07, 6.45) is 8.22. The van der Waals surface area contributed by atoms with Crippen molar-refractivity contribution < 1.29 is 4.74 Å². The molecule has 1 heteroatoms. The summed E-state index contributed by atoms with van der Waals surface area (Å²) in [5.74, 6) is 1.67. The Balaban J connectivity index is 1.99. The van der Waals surface area contributed by atoms with Crippen molar-refractivity contribution in [1.82, 2.24) is 0 Å². The molecule has 1 nitrogen and oxygen atoms in total. The van der Waals surface area contributed by atoms with Gasteiger partial charge in [0, 0.05) is 0 Å². The molecule has 2 bridgehead atoms. The summed E-state index contributed by atoms with van der Waals surface area (Å²) >= 11 is 0. The van der Waals surface area contributed by atoms with Gasteiger partial charge in [0.25, 0.3) is 0 Å². The van der Waals surface area contributed by atoms with Gasteiger partial charge in [-0.05, 0) is 69.6 Å². The molecule has 2 unspecified atom stereocenters. The van der Waals surface area contributed by atoms with Crippen LogP contribution in [0.4, 0.5) is 0 Å². The Morgan fingerprint density at radius 3 is 2.44 bits per heavy atom. The molecule has 0 aromatic heterocycles. The summed E-state index contributed by atoms with van der Waals surface area (Å²) in [5, 5.41) is 0. The Morgan fingerprint density at radius 2 is 1.69 bits per heavy atom. The van der Waals surface area contributed by atoms with Crippen LogP contribution < -0.4 is 0 Å². The molecule has 3 rings (SSSR count). The molecule has 3 aliphatic rings. The second-order valence-corrected chi connectivity index (χ2v) is 7.55. The maximum atomic E-state index is 6.64. The summed E-state index contributed by atoms with van der Waals surface area (Å²) in [6.45, 7) is 9.54. The van der Waals surface area contributed by atoms with Crippen molar-refractivity contribution in [3.8, 4) is 0 Å². The molecule has 4 atom stereocenters. The third kappa shape index (κ3) is 1.27. The van der Waals surface area contributed by atoms with Crippen molar-refractivity contribution in [2.45, 2.75) is 77.4 Å². The van der Waals surface area contributed by atoms with E-state index < -0.39 is 0 Å². The van der Waals surface area contributed by atoms with Gasteiger partial charge in [0.2, 0.25) is 0 Å². The highest BCUT2D eigenvalue weighted by Gasteiger charge is 2.63. The van der Waals surface area contributed by atoms with E-state index in [1.54, 1.807) is 0 Å². The largest absolute Gasteiger partial charge is 0.368 e. The highest BCUT2D eigenvalue weighted by Crippen LogP contribution is 2.64. The fourth-order valence-electron chi connectivity index (χ4n) is 4.77. The third-order valence-electron chi connectivity index (χ3n) is 6.03. The molecule has 1 saturated heterocycles. The van der Waals surface area contributed by atoms with Gasteiger partial charge in [0.15, 0.2) is 0 Å². The maximum absolute atomic E-state index is 6.64. The van der Waals surface area contributed by atoms with Crippen molar-refractivity contribution in [2.24, 2.45) is 17.3 Å². The molecule has 0 aromatic rings. The Labute approximate surface area is 99.9 Å². The quantitative estimate of drug-likeness (QED) is 0.598. The number of hydrogen-bond donors (Lipinski definition) is 0. The van der Waals surface area contributed by atoms with E-state index in [9.17, 15) is 0 Å². The van der Waals surface area contributed by atoms with Crippen LogP contribution in [-0.2, 0) is 4.74 Å². The summed E-state index contributed by atoms with van der Waals surface area (Å²) in [6, 6.07) is 0. The minimum Gasteiger partial charge on any atom is -0.368 e. The van der Waals surface area contributed by atoms with Crippen molar-refractivity contribution in [1.29, 1.82) is 0 Å². The highest BCUT2D eigenvalue weighted by atomic mass is 16.5. The zero-order valence-corrected chi connectivity index (χ0v) is 11.3. The van der Waals surface area contributed by atoms with E-state index in [1.165, 1.54) is 38.5 Å². The molecule has 0 N–H and O–H groups in total. The molecular weight excluding hydrogens is 196 g/mol. The molecule has 1 spiro atoms. The number of rotatable bonds is 0. The van der Waals surface area contributed by atoms with Gasteiger partial charge in [-0.1, -0.05) is 13.8 Å². The van der Waals surface area contributed by atoms with Crippen LogP contribution in [0.1, 0.15) is 66.2 Å². The standard InChI is InChI=1S/C15H26O/c1-11-5-7-14(4)8-6-12-10-15(14,9-11)16-13(12,2)3/h11-12H,5-10H2,1-4H3/t11?,12?,14-,15+/m0/s1. The Kier molecular flexibility index (Phi) is 2.11. The molecule has 92 valence electrons. The van der Waals surface area contributed by atoms with E-state index in [4.69, 9.17) is 4.74 Å². The van der Waals surface area contributed by atoms with E-state index in [2.05, 4.69) is 27.7 Å². The van der Waals surface area contributed by atoms with Crippen molar-refractivity contribution in [3.05, 3.63) is 0 Å². The van der Waals surface area contributed by atoms with Gasteiger partial charge in [-0.3, -0.25) is 0 Å². The van der Waals surface area contributed by atoms with Crippen molar-refractivity contribution in [2.75, 3.05) is 0 Å². The van der Waals surface area contributed by atoms with Crippen LogP contribution in [-0.4, -0.2) is 11.2 Å². The molecule has 3 fully saturated rings. The lowest BCUT2D eigenvalue weighted by Gasteiger charge is -2.53. The smallest absolute Gasteiger partial charge is 0.0749 e. The van der Waals surface area contributed by atoms with E-state index in [0.717, 1.165) is 11.8 Å². The van der Waals surface area contributed by atoms with E-state index in [0.29, 0.717) is 5.41 Å². The molecule has 0 amide bonds. The minimum atomic E-state index is 0.134. The van der Waals surface area contributed by atoms with Gasteiger partial charge < -0.3 is 4.74 Å². The zero-order valence-electron chi connectivity index (χ0n) is 11.3. The lowest BCUT2D eigenvalue weighted by Crippen LogP contribution is -2.52. The summed E-state index contributed by atoms with van der Waals surface area (Å²) in [4.78, 5) is 0. The van der Waals surface area contributed by atoms with Crippen LogP contribution in [0.5, 0.6) is 0 Å². The Morgan fingerprint density at radius 1 is 1.00 bits per heavy atom. The van der Waals surface area contributed by atoms with E-state index in [1.807, 2.05) is 0 Å². The molecule has 1 aliphatic heterocycles. The van der Waals surface area contributed by atoms with Crippen LogP contribution in [0.15, 0.2) is 0 Å². The molecule has 0 aromatic carbocycles. The lowest BCUT2D eigenvalue weighted by molar-refractivity contribution is -0.175. The van der Waals surface area contributed by atoms with Gasteiger partial charge in [-0.25, -0.2) is 0 Å². The van der Waals surface area contributed by atoms with E-state index >= 15 is 0 Å². The zero-order chi connectivity index (χ0) is 11.6. The molecule has 16 heavy (non-hydrogen) atoms. The second kappa shape index (κ2) is 3.04. The highest BCUT2D eigenvalue weighted by molar-refractivity contribution is 5.13. The van der Waals surface area contributed by atoms with Gasteiger partial charge in [0.1, 0.15) is 0 Å². The fourth-order valence-corrected chi connectivity index (χ4v) is 4.77. The molecular formula is C15H26O. The predicted octanol–water partition coefficient (Wildman–Crippen LogP) is 4.16. The summed E-state index contributed by atoms with van der Waals surface area (Å²) in [5.41, 5.74) is 0.843. The van der Waals surface area contributed by atoms with Crippen molar-refractivity contribution >= 4 is 0 Å². The van der Waals surface area contributed by atoms with Crippen LogP contribution in [0.25, 0.3) is 0 Å². The van der Waals surface area contributed by atoms with Crippen LogP contribution in [0.2, 0.25) is 0 Å². The molecule has 2 saturated carbocycles. The maximum Gasteiger partial charge on any atom is 0.0749 e. The molecule has 0 radical (unpaired) electrons. The Bertz CT molecular complexity index is 309. The number of hydrogen-bond acceptors (Lipinski definition) is 1. The fraction of sp³-hybridized carbons (Fsp3) is 1.00. The summed E-state index contributed by atoms with van der Waals surface area (Å²) < 4.78 is 6.64. The average Bonchev–Trinajstić information content (AvgIpc) is 2.39. The van der Waals surface area contributed by atoms with E-state index in [-0.39, 0.29) is 11.2 Å². The van der Waals surface area contributed by atoms with Crippen LogP contribution >= 0.6 is 0 Å². The van der Waals surface area contributed by atoms with Gasteiger partial charge in [0.05, 0.1) is 11.2 Å². The lowest BCUT2D eigenvalue weighted by atomic mass is 9.54. The van der Waals surface area contributed by atoms with Crippen molar-refractivity contribution in [3.63, 3.8) is 0 Å². The monoisotopic (exact) mass is 222 g/mol. The molecule has 2 aliphatic carbocycles. The first-order chi connectivity index (χ1) is 7.37. The normalized spacial score (nSPS) is 54.8. The van der Waals surface area contributed by atoms with Crippen LogP contribution in [0, 0.1) is 17.3 Å². The predicted molar refractivity (Wildman–Crippen MR) is 66.4 cm³/mol. The van der Waals surface area contributed by atoms with Gasteiger partial charge in [-0.2, -0.15) is 0 Å². The molecule has 1 heterocycles. The first-order valence-electron chi connectivity index (χ1n) is 7.07. The second-order valence-electron chi connectivity index (χ2n) is 7.55. The third-order valence-corrected chi connectivity index (χ3v) is 6.03. The van der Waals surface area contributed by atoms with Gasteiger partial charge in [-0.15, -0.1) is 0 Å². The first-order valence-corrected chi connectivity index (χ1v) is 7.07. The van der Waals surface area contributed by atoms with Gasteiger partial charge >= 0.3 is 0 Å². The number of ether oxygens (including phenoxy) is 1. The minimum absolute atomic E-state index is 0.134. The first kappa shape index (κ1) is 11.1. The number of fused-ring (bicyclic) bond motifs is 1. The van der Waals surface area contributed by atoms with Crippen LogP contribution in [0.3, 0.4) is 0 Å². The SMILES string of the molecule is CC1CC[C@@]2(C)CCC3C[C@@]2(C1)OC3(C)C. The topological polar surface area (TPSA) is 9.23 Å². The average molecular weight is 222 g/mol.